The predicted molar refractivity (Wildman–Crippen MR) is 53.3 cm³/mol. The first-order valence-electron chi connectivity index (χ1n) is 4.77. The summed E-state index contributed by atoms with van der Waals surface area (Å²) < 4.78 is 0. The van der Waals surface area contributed by atoms with E-state index in [0.717, 1.165) is 6.54 Å². The van der Waals surface area contributed by atoms with Gasteiger partial charge in [-0.3, -0.25) is 4.90 Å². The van der Waals surface area contributed by atoms with Crippen molar-refractivity contribution in [1.82, 2.24) is 9.80 Å². The van der Waals surface area contributed by atoms with Gasteiger partial charge in [0.25, 0.3) is 0 Å². The van der Waals surface area contributed by atoms with E-state index >= 15 is 0 Å². The van der Waals surface area contributed by atoms with Gasteiger partial charge in [0.2, 0.25) is 0 Å². The molecule has 70 valence electrons. The number of hydrogen-bond donors (Lipinski definition) is 0. The summed E-state index contributed by atoms with van der Waals surface area (Å²) in [5, 5.41) is 0. The van der Waals surface area contributed by atoms with E-state index in [1.54, 1.807) is 0 Å². The second-order valence-electron chi connectivity index (χ2n) is 3.66. The fourth-order valence-corrected chi connectivity index (χ4v) is 1.54. The molecule has 0 spiro atoms. The lowest BCUT2D eigenvalue weighted by Gasteiger charge is -2.37. The Balaban J connectivity index is 2.30. The summed E-state index contributed by atoms with van der Waals surface area (Å²) in [6.07, 6.45) is 4.36. The molecule has 0 radical (unpaired) electrons. The van der Waals surface area contributed by atoms with E-state index in [1.165, 1.54) is 19.6 Å². The monoisotopic (exact) mass is 168 g/mol. The molecule has 0 aromatic carbocycles. The van der Waals surface area contributed by atoms with Crippen LogP contribution in [0.25, 0.3) is 0 Å². The average Bonchev–Trinajstić information content (AvgIpc) is 2.07. The number of allylic oxidation sites excluding steroid dienone is 1. The van der Waals surface area contributed by atoms with Crippen LogP contribution in [-0.4, -0.2) is 49.1 Å². The molecule has 0 aliphatic carbocycles. The van der Waals surface area contributed by atoms with Crippen LogP contribution in [0.1, 0.15) is 13.8 Å². The maximum atomic E-state index is 2.50. The molecule has 0 aromatic heterocycles. The minimum Gasteiger partial charge on any atom is -0.301 e. The average molecular weight is 168 g/mol. The van der Waals surface area contributed by atoms with Crippen molar-refractivity contribution >= 4 is 0 Å². The molecule has 1 atom stereocenters. The summed E-state index contributed by atoms with van der Waals surface area (Å²) in [4.78, 5) is 4.93. The lowest BCUT2D eigenvalue weighted by molar-refractivity contribution is 0.114. The normalized spacial score (nSPS) is 28.4. The van der Waals surface area contributed by atoms with Crippen molar-refractivity contribution in [2.75, 3.05) is 33.2 Å². The lowest BCUT2D eigenvalue weighted by atomic mass is 10.2. The van der Waals surface area contributed by atoms with Crippen molar-refractivity contribution in [2.45, 2.75) is 19.9 Å². The molecule has 0 aromatic rings. The van der Waals surface area contributed by atoms with E-state index in [-0.39, 0.29) is 0 Å². The summed E-state index contributed by atoms with van der Waals surface area (Å²) in [5.74, 6) is 0. The van der Waals surface area contributed by atoms with Crippen molar-refractivity contribution in [1.29, 1.82) is 0 Å². The topological polar surface area (TPSA) is 6.48 Å². The Hall–Kier alpha value is -0.340. The van der Waals surface area contributed by atoms with Crippen LogP contribution in [0.3, 0.4) is 0 Å². The lowest BCUT2D eigenvalue weighted by Crippen LogP contribution is -2.49. The van der Waals surface area contributed by atoms with Crippen molar-refractivity contribution in [3.05, 3.63) is 12.2 Å². The predicted octanol–water partition coefficient (Wildman–Crippen LogP) is 1.20. The Morgan fingerprint density at radius 2 is 2.17 bits per heavy atom. The molecule has 12 heavy (non-hydrogen) atoms. The Morgan fingerprint density at radius 3 is 2.75 bits per heavy atom. The first-order valence-corrected chi connectivity index (χ1v) is 4.77. The third kappa shape index (κ3) is 2.61. The van der Waals surface area contributed by atoms with Crippen LogP contribution in [0.4, 0.5) is 0 Å². The molecule has 0 saturated carbocycles. The highest BCUT2D eigenvalue weighted by molar-refractivity contribution is 4.85. The van der Waals surface area contributed by atoms with E-state index in [0.29, 0.717) is 6.04 Å². The number of hydrogen-bond acceptors (Lipinski definition) is 2. The number of piperazine rings is 1. The third-order valence-electron chi connectivity index (χ3n) is 2.64. The molecule has 1 fully saturated rings. The Morgan fingerprint density at radius 1 is 1.42 bits per heavy atom. The van der Waals surface area contributed by atoms with Crippen molar-refractivity contribution < 1.29 is 0 Å². The second kappa shape index (κ2) is 4.63. The molecular weight excluding hydrogens is 148 g/mol. The van der Waals surface area contributed by atoms with Crippen LogP contribution in [0.15, 0.2) is 12.2 Å². The molecular formula is C10H20N2. The molecule has 1 rings (SSSR count). The van der Waals surface area contributed by atoms with Gasteiger partial charge < -0.3 is 4.90 Å². The Bertz CT molecular complexity index is 154. The van der Waals surface area contributed by atoms with Gasteiger partial charge in [-0.25, -0.2) is 0 Å². The van der Waals surface area contributed by atoms with Crippen molar-refractivity contribution in [3.63, 3.8) is 0 Å². The van der Waals surface area contributed by atoms with Gasteiger partial charge in [0.1, 0.15) is 0 Å². The summed E-state index contributed by atoms with van der Waals surface area (Å²) >= 11 is 0. The highest BCUT2D eigenvalue weighted by atomic mass is 15.3. The zero-order valence-corrected chi connectivity index (χ0v) is 8.45. The molecule has 2 heteroatoms. The van der Waals surface area contributed by atoms with Gasteiger partial charge in [-0.1, -0.05) is 12.2 Å². The molecule has 0 amide bonds. The standard InChI is InChI=1S/C10H20N2/c1-4-5-6-12-8-7-11(3)10(2)9-12/h4-5,10H,6-9H2,1-3H3/b5-4+. The maximum absolute atomic E-state index is 2.50. The first kappa shape index (κ1) is 9.75. The van der Waals surface area contributed by atoms with E-state index in [9.17, 15) is 0 Å². The van der Waals surface area contributed by atoms with Crippen LogP contribution >= 0.6 is 0 Å². The smallest absolute Gasteiger partial charge is 0.0192 e. The molecule has 1 heterocycles. The van der Waals surface area contributed by atoms with E-state index in [1.807, 2.05) is 0 Å². The van der Waals surface area contributed by atoms with Crippen molar-refractivity contribution in [2.24, 2.45) is 0 Å². The molecule has 1 aliphatic heterocycles. The molecule has 1 unspecified atom stereocenters. The Kier molecular flexibility index (Phi) is 3.76. The quantitative estimate of drug-likeness (QED) is 0.572. The van der Waals surface area contributed by atoms with Crippen molar-refractivity contribution in [3.8, 4) is 0 Å². The van der Waals surface area contributed by atoms with Crippen LogP contribution in [0.5, 0.6) is 0 Å². The van der Waals surface area contributed by atoms with Gasteiger partial charge in [-0.05, 0) is 20.9 Å². The van der Waals surface area contributed by atoms with Crippen LogP contribution < -0.4 is 0 Å². The van der Waals surface area contributed by atoms with Crippen LogP contribution in [0, 0.1) is 0 Å². The molecule has 0 bridgehead atoms. The summed E-state index contributed by atoms with van der Waals surface area (Å²) in [5.41, 5.74) is 0. The molecule has 1 saturated heterocycles. The Labute approximate surface area is 75.8 Å². The minimum absolute atomic E-state index is 0.712. The van der Waals surface area contributed by atoms with E-state index in [2.05, 4.69) is 42.8 Å². The first-order chi connectivity index (χ1) is 5.74. The van der Waals surface area contributed by atoms with Gasteiger partial charge in [-0.2, -0.15) is 0 Å². The maximum Gasteiger partial charge on any atom is 0.0192 e. The van der Waals surface area contributed by atoms with E-state index in [4.69, 9.17) is 0 Å². The summed E-state index contributed by atoms with van der Waals surface area (Å²) in [6.45, 7) is 9.13. The number of nitrogens with zero attached hydrogens (tertiary/aromatic N) is 2. The zero-order valence-electron chi connectivity index (χ0n) is 8.45. The van der Waals surface area contributed by atoms with Crippen LogP contribution in [-0.2, 0) is 0 Å². The molecule has 2 nitrogen and oxygen atoms in total. The highest BCUT2D eigenvalue weighted by Crippen LogP contribution is 2.06. The minimum atomic E-state index is 0.712. The van der Waals surface area contributed by atoms with Crippen LogP contribution in [0.2, 0.25) is 0 Å². The van der Waals surface area contributed by atoms with Gasteiger partial charge in [0.15, 0.2) is 0 Å². The SMILES string of the molecule is C/C=C/CN1CCN(C)C(C)C1. The van der Waals surface area contributed by atoms with Gasteiger partial charge in [0.05, 0.1) is 0 Å². The number of rotatable bonds is 2. The molecule has 0 N–H and O–H groups in total. The fourth-order valence-electron chi connectivity index (χ4n) is 1.54. The van der Waals surface area contributed by atoms with E-state index < -0.39 is 0 Å². The summed E-state index contributed by atoms with van der Waals surface area (Å²) in [7, 11) is 2.21. The zero-order chi connectivity index (χ0) is 8.97. The largest absolute Gasteiger partial charge is 0.301 e. The number of likely N-dealkylation sites (N-methyl/N-ethyl adjacent to an activating group) is 1. The fraction of sp³-hybridized carbons (Fsp3) is 0.800. The highest BCUT2D eigenvalue weighted by Gasteiger charge is 2.18. The summed E-state index contributed by atoms with van der Waals surface area (Å²) in [6, 6.07) is 0.712. The van der Waals surface area contributed by atoms with Gasteiger partial charge in [0, 0.05) is 32.2 Å². The third-order valence-corrected chi connectivity index (χ3v) is 2.64. The van der Waals surface area contributed by atoms with Gasteiger partial charge in [-0.15, -0.1) is 0 Å². The molecule has 1 aliphatic rings. The van der Waals surface area contributed by atoms with Gasteiger partial charge >= 0.3 is 0 Å². The second-order valence-corrected chi connectivity index (χ2v) is 3.66.